The number of Topliss-reactive ketones (excluding diaryl/α,β-unsaturated/α-hetero) is 1. The number of halogens is 1. The maximum absolute atomic E-state index is 14.1. The summed E-state index contributed by atoms with van der Waals surface area (Å²) >= 11 is 2.35. The lowest BCUT2D eigenvalue weighted by Gasteiger charge is -2.72. The van der Waals surface area contributed by atoms with Gasteiger partial charge in [-0.05, 0) is 162 Å². The van der Waals surface area contributed by atoms with Gasteiger partial charge in [0, 0.05) is 8.99 Å². The Hall–Kier alpha value is -1.43. The number of fused-ring (bicyclic) bond motifs is 7. The third-order valence-electron chi connectivity index (χ3n) is 14.3. The summed E-state index contributed by atoms with van der Waals surface area (Å²) in [6, 6.07) is 8.48. The van der Waals surface area contributed by atoms with E-state index in [1.54, 1.807) is 0 Å². The van der Waals surface area contributed by atoms with Gasteiger partial charge in [-0.1, -0.05) is 58.9 Å². The van der Waals surface area contributed by atoms with Crippen molar-refractivity contribution in [3.05, 3.63) is 51.1 Å². The van der Waals surface area contributed by atoms with Gasteiger partial charge in [-0.15, -0.1) is 0 Å². The van der Waals surface area contributed by atoms with Gasteiger partial charge in [-0.2, -0.15) is 0 Å². The van der Waals surface area contributed by atoms with Gasteiger partial charge in [-0.3, -0.25) is 9.59 Å². The molecule has 3 nitrogen and oxygen atoms in total. The molecule has 0 aliphatic heterocycles. The van der Waals surface area contributed by atoms with Crippen LogP contribution in [-0.4, -0.2) is 16.9 Å². The van der Waals surface area contributed by atoms with E-state index in [1.165, 1.54) is 9.14 Å². The van der Waals surface area contributed by atoms with Crippen LogP contribution in [0.1, 0.15) is 105 Å². The van der Waals surface area contributed by atoms with Crippen molar-refractivity contribution in [3.63, 3.8) is 0 Å². The molecule has 4 heteroatoms. The number of ketones is 1. The zero-order valence-electron chi connectivity index (χ0n) is 26.0. The molecule has 0 saturated heterocycles. The molecule has 5 unspecified atom stereocenters. The molecule has 0 amide bonds. The topological polar surface area (TPSA) is 54.4 Å². The summed E-state index contributed by atoms with van der Waals surface area (Å²) in [5, 5.41) is 10.6. The molecule has 1 aromatic carbocycles. The van der Waals surface area contributed by atoms with Crippen molar-refractivity contribution in [3.8, 4) is 0 Å². The van der Waals surface area contributed by atoms with E-state index in [0.717, 1.165) is 68.9 Å². The number of carbonyl (C=O) groups is 2. The first-order valence-corrected chi connectivity index (χ1v) is 17.1. The molecule has 0 heterocycles. The van der Waals surface area contributed by atoms with Crippen molar-refractivity contribution in [1.82, 2.24) is 0 Å². The second kappa shape index (κ2) is 9.53. The Morgan fingerprint density at radius 1 is 0.976 bits per heavy atom. The van der Waals surface area contributed by atoms with Crippen molar-refractivity contribution in [1.29, 1.82) is 0 Å². The summed E-state index contributed by atoms with van der Waals surface area (Å²) in [7, 11) is 0. The van der Waals surface area contributed by atoms with Crippen LogP contribution in [0.3, 0.4) is 0 Å². The van der Waals surface area contributed by atoms with Gasteiger partial charge in [0.05, 0.1) is 5.41 Å². The first kappa shape index (κ1) is 29.6. The van der Waals surface area contributed by atoms with Gasteiger partial charge in [-0.25, -0.2) is 0 Å². The molecule has 5 saturated carbocycles. The molecule has 5 aliphatic rings. The summed E-state index contributed by atoms with van der Waals surface area (Å²) in [6.07, 6.45) is 11.1. The molecule has 5 fully saturated rings. The van der Waals surface area contributed by atoms with Crippen LogP contribution < -0.4 is 0 Å². The number of carboxylic acids is 1. The van der Waals surface area contributed by atoms with E-state index >= 15 is 0 Å². The summed E-state index contributed by atoms with van der Waals surface area (Å²) in [5.41, 5.74) is 2.59. The smallest absolute Gasteiger partial charge is 0.309 e. The van der Waals surface area contributed by atoms with E-state index in [-0.39, 0.29) is 27.6 Å². The molecule has 1 N–H and O–H groups in total. The molecule has 0 aromatic heterocycles. The van der Waals surface area contributed by atoms with Crippen molar-refractivity contribution in [2.24, 2.45) is 56.7 Å². The minimum absolute atomic E-state index is 0.0386. The van der Waals surface area contributed by atoms with Gasteiger partial charge in [0.1, 0.15) is 0 Å². The summed E-state index contributed by atoms with van der Waals surface area (Å²) in [5.74, 6) is 1.58. The van der Waals surface area contributed by atoms with E-state index in [0.29, 0.717) is 29.5 Å². The van der Waals surface area contributed by atoms with Gasteiger partial charge in [0.25, 0.3) is 0 Å². The van der Waals surface area contributed by atoms with Crippen molar-refractivity contribution in [2.45, 2.75) is 99.3 Å². The summed E-state index contributed by atoms with van der Waals surface area (Å²) < 4.78 is 1.19. The SMILES string of the molecule is C=C(C)[C@@H]1CCC2(C(=O)O)CC[C@]3(C)C(CCC4[C@@]5(C)CC(=Cc6cccc(I)c6)C(=O)C(C)(C)C5CC[C@]43C)C12. The largest absolute Gasteiger partial charge is 0.481 e. The molecule has 1 aromatic rings. The van der Waals surface area contributed by atoms with Crippen LogP contribution in [0.5, 0.6) is 0 Å². The quantitative estimate of drug-likeness (QED) is 0.198. The molecule has 5 aliphatic carbocycles. The minimum atomic E-state index is -0.583. The van der Waals surface area contributed by atoms with E-state index in [2.05, 4.69) is 101 Å². The number of benzene rings is 1. The number of carboxylic acid groups (broad SMARTS) is 1. The van der Waals surface area contributed by atoms with Crippen LogP contribution in [0.25, 0.3) is 6.08 Å². The molecular weight excluding hydrogens is 619 g/mol. The number of aliphatic carboxylic acids is 1. The maximum Gasteiger partial charge on any atom is 0.309 e. The molecule has 222 valence electrons. The number of allylic oxidation sites excluding steroid dienone is 2. The Labute approximate surface area is 261 Å². The first-order valence-electron chi connectivity index (χ1n) is 16.0. The lowest BCUT2D eigenvalue weighted by atomic mass is 9.32. The van der Waals surface area contributed by atoms with Crippen LogP contribution >= 0.6 is 22.6 Å². The average Bonchev–Trinajstić information content (AvgIpc) is 3.29. The average molecular weight is 669 g/mol. The second-order valence-electron chi connectivity index (χ2n) is 16.1. The van der Waals surface area contributed by atoms with Crippen molar-refractivity contribution >= 4 is 40.4 Å². The standard InChI is InChI=1S/C37H49IO3/c1-22(2)26-13-16-37(32(40)41)18-17-35(6)27(30(26)37)11-12-29-34(5)21-24(19-23-9-8-10-25(38)20-23)31(39)33(3,4)28(34)14-15-36(29,35)7/h8-10,19-20,26-30H,1,11-18,21H2,2-7H3,(H,40,41)/t26-,27?,28?,29?,30?,34-,35+,36+,37?/m0/s1. The fourth-order valence-corrected chi connectivity index (χ4v) is 12.9. The molecule has 0 spiro atoms. The van der Waals surface area contributed by atoms with Gasteiger partial charge >= 0.3 is 5.97 Å². The highest BCUT2D eigenvalue weighted by Crippen LogP contribution is 2.77. The van der Waals surface area contributed by atoms with Gasteiger partial charge in [0.15, 0.2) is 5.78 Å². The maximum atomic E-state index is 14.1. The van der Waals surface area contributed by atoms with E-state index in [1.807, 2.05) is 0 Å². The monoisotopic (exact) mass is 668 g/mol. The summed E-state index contributed by atoms with van der Waals surface area (Å²) in [4.78, 5) is 27.0. The van der Waals surface area contributed by atoms with Crippen LogP contribution in [0.2, 0.25) is 0 Å². The minimum Gasteiger partial charge on any atom is -0.481 e. The summed E-state index contributed by atoms with van der Waals surface area (Å²) in [6.45, 7) is 18.6. The Kier molecular flexibility index (Phi) is 6.89. The van der Waals surface area contributed by atoms with Gasteiger partial charge in [0.2, 0.25) is 0 Å². The molecular formula is C37H49IO3. The van der Waals surface area contributed by atoms with Crippen molar-refractivity contribution in [2.75, 3.05) is 0 Å². The number of hydrogen-bond donors (Lipinski definition) is 1. The third kappa shape index (κ3) is 3.93. The predicted molar refractivity (Wildman–Crippen MR) is 174 cm³/mol. The molecule has 41 heavy (non-hydrogen) atoms. The second-order valence-corrected chi connectivity index (χ2v) is 17.3. The first-order chi connectivity index (χ1) is 19.1. The fourth-order valence-electron chi connectivity index (χ4n) is 12.3. The Morgan fingerprint density at radius 2 is 1.71 bits per heavy atom. The highest BCUT2D eigenvalue weighted by Gasteiger charge is 2.72. The van der Waals surface area contributed by atoms with Crippen LogP contribution in [-0.2, 0) is 9.59 Å². The van der Waals surface area contributed by atoms with E-state index < -0.39 is 11.4 Å². The lowest BCUT2D eigenvalue weighted by Crippen LogP contribution is -2.67. The zero-order valence-corrected chi connectivity index (χ0v) is 28.1. The molecule has 0 bridgehead atoms. The Morgan fingerprint density at radius 3 is 2.37 bits per heavy atom. The lowest BCUT2D eigenvalue weighted by molar-refractivity contribution is -0.231. The Balaban J connectivity index is 1.42. The fraction of sp³-hybridized carbons (Fsp3) is 0.676. The zero-order chi connectivity index (χ0) is 29.8. The molecule has 9 atom stereocenters. The number of rotatable bonds is 3. The van der Waals surface area contributed by atoms with Gasteiger partial charge < -0.3 is 5.11 Å². The third-order valence-corrected chi connectivity index (χ3v) is 14.9. The Bertz CT molecular complexity index is 1340. The van der Waals surface area contributed by atoms with E-state index in [4.69, 9.17) is 0 Å². The normalized spacial score (nSPS) is 45.8. The molecule has 0 radical (unpaired) electrons. The number of hydrogen-bond acceptors (Lipinski definition) is 2. The van der Waals surface area contributed by atoms with Crippen molar-refractivity contribution < 1.29 is 14.7 Å². The number of carbonyl (C=O) groups excluding carboxylic acids is 1. The van der Waals surface area contributed by atoms with Crippen LogP contribution in [0, 0.1) is 60.2 Å². The highest BCUT2D eigenvalue weighted by atomic mass is 127. The predicted octanol–water partition coefficient (Wildman–Crippen LogP) is 9.60. The van der Waals surface area contributed by atoms with Crippen LogP contribution in [0.4, 0.5) is 0 Å². The molecule has 6 rings (SSSR count). The van der Waals surface area contributed by atoms with E-state index in [9.17, 15) is 14.7 Å². The highest BCUT2D eigenvalue weighted by molar-refractivity contribution is 14.1. The van der Waals surface area contributed by atoms with Crippen LogP contribution in [0.15, 0.2) is 42.0 Å².